The van der Waals surface area contributed by atoms with Crippen LogP contribution in [0.5, 0.6) is 0 Å². The van der Waals surface area contributed by atoms with Gasteiger partial charge in [-0.15, -0.1) is 5.10 Å². The third-order valence-electron chi connectivity index (χ3n) is 3.99. The van der Waals surface area contributed by atoms with E-state index >= 15 is 0 Å². The van der Waals surface area contributed by atoms with Gasteiger partial charge in [0, 0.05) is 5.56 Å². The molecule has 0 saturated heterocycles. The third kappa shape index (κ3) is 6.31. The Bertz CT molecular complexity index is 644. The molecule has 2 rings (SSSR count). The fraction of sp³-hybridized carbons (Fsp3) is 0.526. The molecule has 1 aromatic carbocycles. The lowest BCUT2D eigenvalue weighted by Gasteiger charge is -2.20. The number of nitrogens with one attached hydrogen (secondary N) is 1. The average Bonchev–Trinajstić information content (AvgIpc) is 3.06. The maximum atomic E-state index is 12.3. The van der Waals surface area contributed by atoms with Crippen molar-refractivity contribution in [1.29, 1.82) is 0 Å². The number of unbranched alkanes of at least 4 members (excludes halogenated alkanes) is 2. The van der Waals surface area contributed by atoms with Crippen LogP contribution in [-0.2, 0) is 4.79 Å². The van der Waals surface area contributed by atoms with Crippen LogP contribution in [-0.4, -0.2) is 40.6 Å². The Morgan fingerprint density at radius 3 is 2.32 bits per heavy atom. The van der Waals surface area contributed by atoms with Crippen molar-refractivity contribution in [3.05, 3.63) is 29.8 Å². The zero-order chi connectivity index (χ0) is 18.1. The predicted octanol–water partition coefficient (Wildman–Crippen LogP) is 3.89. The molecular weight excluding hydrogens is 316 g/mol. The number of carbonyl (C=O) groups excluding carboxylic acids is 1. The Morgan fingerprint density at radius 2 is 1.72 bits per heavy atom. The number of aryl methyl sites for hydroxylation is 1. The molecule has 0 aliphatic carbocycles. The second kappa shape index (κ2) is 9.93. The molecule has 0 atom stereocenters. The summed E-state index contributed by atoms with van der Waals surface area (Å²) in [6.45, 7) is 8.55. The predicted molar refractivity (Wildman–Crippen MR) is 99.4 cm³/mol. The maximum Gasteiger partial charge on any atom is 0.322 e. The van der Waals surface area contributed by atoms with Crippen LogP contribution in [0.25, 0.3) is 11.5 Å². The Kier molecular flexibility index (Phi) is 7.60. The Balaban J connectivity index is 1.92. The van der Waals surface area contributed by atoms with Crippen LogP contribution < -0.4 is 5.32 Å². The van der Waals surface area contributed by atoms with Crippen LogP contribution in [0.15, 0.2) is 28.7 Å². The highest BCUT2D eigenvalue weighted by atomic mass is 16.4. The molecular formula is C19H28N4O2. The smallest absolute Gasteiger partial charge is 0.322 e. The molecule has 0 bridgehead atoms. The first kappa shape index (κ1) is 19.1. The summed E-state index contributed by atoms with van der Waals surface area (Å²) in [4.78, 5) is 14.4. The Morgan fingerprint density at radius 1 is 1.08 bits per heavy atom. The lowest BCUT2D eigenvalue weighted by Crippen LogP contribution is -2.34. The van der Waals surface area contributed by atoms with Gasteiger partial charge in [-0.1, -0.05) is 49.5 Å². The Hall–Kier alpha value is -2.21. The summed E-state index contributed by atoms with van der Waals surface area (Å²) in [5.41, 5.74) is 2.00. The highest BCUT2D eigenvalue weighted by Crippen LogP contribution is 2.20. The lowest BCUT2D eigenvalue weighted by atomic mass is 10.1. The van der Waals surface area contributed by atoms with E-state index in [1.807, 2.05) is 31.2 Å². The zero-order valence-corrected chi connectivity index (χ0v) is 15.4. The average molecular weight is 344 g/mol. The summed E-state index contributed by atoms with van der Waals surface area (Å²) in [5.74, 6) is 0.287. The molecule has 0 unspecified atom stereocenters. The van der Waals surface area contributed by atoms with E-state index in [0.717, 1.165) is 49.9 Å². The topological polar surface area (TPSA) is 71.3 Å². The molecule has 0 spiro atoms. The van der Waals surface area contributed by atoms with E-state index in [9.17, 15) is 4.79 Å². The van der Waals surface area contributed by atoms with Gasteiger partial charge in [0.1, 0.15) is 0 Å². The summed E-state index contributed by atoms with van der Waals surface area (Å²) in [5, 5.41) is 10.6. The molecule has 0 fully saturated rings. The van der Waals surface area contributed by atoms with Crippen LogP contribution in [0.3, 0.4) is 0 Å². The minimum atomic E-state index is -0.119. The molecule has 136 valence electrons. The van der Waals surface area contributed by atoms with Gasteiger partial charge >= 0.3 is 6.01 Å². The van der Waals surface area contributed by atoms with Gasteiger partial charge in [0.05, 0.1) is 6.54 Å². The van der Waals surface area contributed by atoms with Gasteiger partial charge < -0.3 is 4.42 Å². The first-order chi connectivity index (χ1) is 12.1. The van der Waals surface area contributed by atoms with Crippen molar-refractivity contribution >= 4 is 11.9 Å². The molecule has 0 radical (unpaired) electrons. The van der Waals surface area contributed by atoms with E-state index in [-0.39, 0.29) is 11.9 Å². The molecule has 1 aromatic heterocycles. The van der Waals surface area contributed by atoms with Crippen molar-refractivity contribution in [3.8, 4) is 11.5 Å². The molecule has 1 heterocycles. The summed E-state index contributed by atoms with van der Waals surface area (Å²) in [7, 11) is 0. The SMILES string of the molecule is CCCCN(CCCC)CC(=O)Nc1nnc(-c2ccc(C)cc2)o1. The molecule has 1 amide bonds. The molecule has 1 N–H and O–H groups in total. The minimum absolute atomic E-state index is 0.119. The number of benzene rings is 1. The number of nitrogens with zero attached hydrogens (tertiary/aromatic N) is 3. The van der Waals surface area contributed by atoms with Gasteiger partial charge in [0.25, 0.3) is 0 Å². The van der Waals surface area contributed by atoms with Gasteiger partial charge in [-0.25, -0.2) is 0 Å². The van der Waals surface area contributed by atoms with E-state index in [4.69, 9.17) is 4.42 Å². The second-order valence-electron chi connectivity index (χ2n) is 6.31. The summed E-state index contributed by atoms with van der Waals surface area (Å²) >= 11 is 0. The molecule has 2 aromatic rings. The number of aromatic nitrogens is 2. The normalized spacial score (nSPS) is 11.0. The first-order valence-electron chi connectivity index (χ1n) is 9.05. The number of hydrogen-bond acceptors (Lipinski definition) is 5. The monoisotopic (exact) mass is 344 g/mol. The molecule has 0 saturated carbocycles. The second-order valence-corrected chi connectivity index (χ2v) is 6.31. The molecule has 25 heavy (non-hydrogen) atoms. The lowest BCUT2D eigenvalue weighted by molar-refractivity contribution is -0.117. The minimum Gasteiger partial charge on any atom is -0.403 e. The van der Waals surface area contributed by atoms with Crippen LogP contribution in [0.4, 0.5) is 6.01 Å². The molecule has 0 aliphatic heterocycles. The first-order valence-corrected chi connectivity index (χ1v) is 9.05. The van der Waals surface area contributed by atoms with E-state index in [1.54, 1.807) is 0 Å². The van der Waals surface area contributed by atoms with Crippen molar-refractivity contribution in [3.63, 3.8) is 0 Å². The number of hydrogen-bond donors (Lipinski definition) is 1. The fourth-order valence-electron chi connectivity index (χ4n) is 2.48. The van der Waals surface area contributed by atoms with Crippen molar-refractivity contribution < 1.29 is 9.21 Å². The quantitative estimate of drug-likeness (QED) is 0.708. The van der Waals surface area contributed by atoms with Crippen molar-refractivity contribution in [1.82, 2.24) is 15.1 Å². The van der Waals surface area contributed by atoms with Crippen LogP contribution >= 0.6 is 0 Å². The van der Waals surface area contributed by atoms with Gasteiger partial charge in [-0.3, -0.25) is 15.0 Å². The van der Waals surface area contributed by atoms with E-state index in [1.165, 1.54) is 0 Å². The standard InChI is InChI=1S/C19H28N4O2/c1-4-6-12-23(13-7-5-2)14-17(24)20-19-22-21-18(25-19)16-10-8-15(3)9-11-16/h8-11H,4-7,12-14H2,1-3H3,(H,20,22,24). The van der Waals surface area contributed by atoms with Crippen LogP contribution in [0.2, 0.25) is 0 Å². The summed E-state index contributed by atoms with van der Waals surface area (Å²) in [6.07, 6.45) is 4.42. The van der Waals surface area contributed by atoms with E-state index in [2.05, 4.69) is 34.3 Å². The van der Waals surface area contributed by atoms with Gasteiger partial charge in [0.15, 0.2) is 0 Å². The van der Waals surface area contributed by atoms with Crippen molar-refractivity contribution in [2.75, 3.05) is 25.0 Å². The highest BCUT2D eigenvalue weighted by Gasteiger charge is 2.14. The third-order valence-corrected chi connectivity index (χ3v) is 3.99. The van der Waals surface area contributed by atoms with E-state index < -0.39 is 0 Å². The molecule has 6 heteroatoms. The highest BCUT2D eigenvalue weighted by molar-refractivity contribution is 5.90. The molecule has 6 nitrogen and oxygen atoms in total. The number of anilines is 1. The fourth-order valence-corrected chi connectivity index (χ4v) is 2.48. The number of rotatable bonds is 10. The maximum absolute atomic E-state index is 12.3. The van der Waals surface area contributed by atoms with Gasteiger partial charge in [-0.2, -0.15) is 0 Å². The van der Waals surface area contributed by atoms with Gasteiger partial charge in [-0.05, 0) is 45.0 Å². The largest absolute Gasteiger partial charge is 0.403 e. The molecule has 0 aliphatic rings. The Labute approximate surface area is 149 Å². The zero-order valence-electron chi connectivity index (χ0n) is 15.4. The summed E-state index contributed by atoms with van der Waals surface area (Å²) < 4.78 is 5.55. The number of carbonyl (C=O) groups is 1. The van der Waals surface area contributed by atoms with Crippen molar-refractivity contribution in [2.45, 2.75) is 46.5 Å². The number of amides is 1. The van der Waals surface area contributed by atoms with Crippen molar-refractivity contribution in [2.24, 2.45) is 0 Å². The summed E-state index contributed by atoms with van der Waals surface area (Å²) in [6, 6.07) is 7.96. The van der Waals surface area contributed by atoms with Crippen LogP contribution in [0, 0.1) is 6.92 Å². The van der Waals surface area contributed by atoms with Crippen LogP contribution in [0.1, 0.15) is 45.1 Å². The van der Waals surface area contributed by atoms with Gasteiger partial charge in [0.2, 0.25) is 11.8 Å². The van der Waals surface area contributed by atoms with E-state index in [0.29, 0.717) is 12.4 Å².